The molecule has 1 aromatic heterocycles. The van der Waals surface area contributed by atoms with Gasteiger partial charge in [-0.15, -0.1) is 11.3 Å². The normalized spacial score (nSPS) is 11.5. The number of hydrogen-bond acceptors (Lipinski definition) is 4. The zero-order valence-corrected chi connectivity index (χ0v) is 12.8. The van der Waals surface area contributed by atoms with E-state index in [0.717, 1.165) is 4.88 Å². The smallest absolute Gasteiger partial charge is 0.262 e. The molecule has 3 N–H and O–H groups in total. The number of sulfonamides is 1. The molecule has 0 saturated heterocycles. The van der Waals surface area contributed by atoms with Gasteiger partial charge >= 0.3 is 0 Å². The summed E-state index contributed by atoms with van der Waals surface area (Å²) in [7, 11) is -3.80. The molecule has 102 valence electrons. The van der Waals surface area contributed by atoms with Crippen molar-refractivity contribution in [3.8, 4) is 0 Å². The van der Waals surface area contributed by atoms with Crippen LogP contribution in [-0.4, -0.2) is 8.42 Å². The third kappa shape index (κ3) is 3.33. The molecule has 1 aromatic carbocycles. The third-order valence-corrected chi connectivity index (χ3v) is 5.26. The maximum Gasteiger partial charge on any atom is 0.262 e. The van der Waals surface area contributed by atoms with Crippen LogP contribution in [0.15, 0.2) is 39.0 Å². The number of anilines is 1. The molecule has 8 heteroatoms. The zero-order chi connectivity index (χ0) is 14.0. The molecule has 0 unspecified atom stereocenters. The number of hydrogen-bond donors (Lipinski definition) is 2. The van der Waals surface area contributed by atoms with Gasteiger partial charge in [0.2, 0.25) is 0 Å². The summed E-state index contributed by atoms with van der Waals surface area (Å²) < 4.78 is 40.5. The fraction of sp³-hybridized carbons (Fsp3) is 0.0909. The Labute approximate surface area is 122 Å². The average Bonchev–Trinajstić information content (AvgIpc) is 2.83. The Balaban J connectivity index is 2.33. The van der Waals surface area contributed by atoms with Gasteiger partial charge in [0.25, 0.3) is 10.0 Å². The quantitative estimate of drug-likeness (QED) is 0.875. The van der Waals surface area contributed by atoms with E-state index in [1.54, 1.807) is 0 Å². The van der Waals surface area contributed by atoms with Crippen LogP contribution >= 0.6 is 27.3 Å². The first-order chi connectivity index (χ1) is 8.92. The molecule has 0 amide bonds. The molecule has 0 radical (unpaired) electrons. The van der Waals surface area contributed by atoms with Crippen molar-refractivity contribution in [1.29, 1.82) is 0 Å². The molecular weight excluding hydrogens is 355 g/mol. The number of benzene rings is 1. The lowest BCUT2D eigenvalue weighted by atomic mass is 10.3. The summed E-state index contributed by atoms with van der Waals surface area (Å²) in [6, 6.07) is 5.51. The van der Waals surface area contributed by atoms with Gasteiger partial charge in [-0.25, -0.2) is 12.8 Å². The van der Waals surface area contributed by atoms with Crippen LogP contribution in [0, 0.1) is 5.82 Å². The molecule has 0 aliphatic rings. The van der Waals surface area contributed by atoms with E-state index in [-0.39, 0.29) is 17.1 Å². The minimum absolute atomic E-state index is 0.0809. The van der Waals surface area contributed by atoms with Crippen molar-refractivity contribution in [2.75, 3.05) is 4.72 Å². The van der Waals surface area contributed by atoms with Gasteiger partial charge in [0.1, 0.15) is 5.82 Å². The van der Waals surface area contributed by atoms with Crippen LogP contribution < -0.4 is 10.5 Å². The van der Waals surface area contributed by atoms with Gasteiger partial charge in [-0.1, -0.05) is 15.9 Å². The van der Waals surface area contributed by atoms with Crippen molar-refractivity contribution in [3.63, 3.8) is 0 Å². The second-order valence-electron chi connectivity index (χ2n) is 3.68. The molecule has 1 heterocycles. The maximum atomic E-state index is 13.5. The van der Waals surface area contributed by atoms with Gasteiger partial charge in [-0.3, -0.25) is 4.72 Å². The summed E-state index contributed by atoms with van der Waals surface area (Å²) >= 11 is 4.41. The van der Waals surface area contributed by atoms with Crippen LogP contribution in [0.25, 0.3) is 0 Å². The zero-order valence-electron chi connectivity index (χ0n) is 9.56. The van der Waals surface area contributed by atoms with Gasteiger partial charge in [0.05, 0.1) is 10.6 Å². The van der Waals surface area contributed by atoms with Gasteiger partial charge in [-0.2, -0.15) is 0 Å². The molecule has 0 saturated carbocycles. The van der Waals surface area contributed by atoms with Crippen LogP contribution in [-0.2, 0) is 16.6 Å². The average molecular weight is 365 g/mol. The predicted molar refractivity (Wildman–Crippen MR) is 77.1 cm³/mol. The van der Waals surface area contributed by atoms with Gasteiger partial charge in [-0.05, 0) is 24.3 Å². The highest BCUT2D eigenvalue weighted by Gasteiger charge is 2.18. The molecule has 2 rings (SSSR count). The summed E-state index contributed by atoms with van der Waals surface area (Å²) in [6.07, 6.45) is 0. The lowest BCUT2D eigenvalue weighted by Crippen LogP contribution is -2.13. The standard InChI is InChI=1S/C11H10BrFN2O2S2/c12-7-1-2-10(13)11(3-7)15-19(16,17)9-4-8(5-14)18-6-9/h1-4,6,15H,5,14H2. The van der Waals surface area contributed by atoms with Crippen molar-refractivity contribution < 1.29 is 12.8 Å². The van der Waals surface area contributed by atoms with Crippen molar-refractivity contribution in [2.45, 2.75) is 11.4 Å². The molecule has 19 heavy (non-hydrogen) atoms. The van der Waals surface area contributed by atoms with E-state index in [1.165, 1.54) is 41.0 Å². The Bertz CT molecular complexity index is 700. The van der Waals surface area contributed by atoms with Crippen molar-refractivity contribution in [1.82, 2.24) is 0 Å². The van der Waals surface area contributed by atoms with Gasteiger partial charge < -0.3 is 5.73 Å². The molecule has 0 spiro atoms. The lowest BCUT2D eigenvalue weighted by molar-refractivity contribution is 0.599. The van der Waals surface area contributed by atoms with E-state index in [9.17, 15) is 12.8 Å². The highest BCUT2D eigenvalue weighted by atomic mass is 79.9. The van der Waals surface area contributed by atoms with Crippen molar-refractivity contribution in [3.05, 3.63) is 44.8 Å². The number of nitrogens with two attached hydrogens (primary N) is 1. The van der Waals surface area contributed by atoms with Crippen LogP contribution in [0.4, 0.5) is 10.1 Å². The van der Waals surface area contributed by atoms with E-state index >= 15 is 0 Å². The highest BCUT2D eigenvalue weighted by Crippen LogP contribution is 2.25. The molecule has 4 nitrogen and oxygen atoms in total. The third-order valence-electron chi connectivity index (χ3n) is 2.31. The first kappa shape index (κ1) is 14.4. The van der Waals surface area contributed by atoms with Gasteiger partial charge in [0.15, 0.2) is 0 Å². The molecule has 2 aromatic rings. The van der Waals surface area contributed by atoms with Crippen LogP contribution in [0.1, 0.15) is 4.88 Å². The number of halogens is 2. The molecule has 0 fully saturated rings. The van der Waals surface area contributed by atoms with E-state index < -0.39 is 15.8 Å². The van der Waals surface area contributed by atoms with E-state index in [0.29, 0.717) is 4.47 Å². The first-order valence-corrected chi connectivity index (χ1v) is 8.33. The van der Waals surface area contributed by atoms with E-state index in [1.807, 2.05) is 0 Å². The predicted octanol–water partition coefficient (Wildman–Crippen LogP) is 2.91. The Morgan fingerprint density at radius 1 is 1.37 bits per heavy atom. The molecule has 0 aliphatic carbocycles. The van der Waals surface area contributed by atoms with Crippen LogP contribution in [0.3, 0.4) is 0 Å². The summed E-state index contributed by atoms with van der Waals surface area (Å²) in [5.74, 6) is -0.638. The second-order valence-corrected chi connectivity index (χ2v) is 7.28. The Morgan fingerprint density at radius 2 is 2.11 bits per heavy atom. The van der Waals surface area contributed by atoms with Crippen LogP contribution in [0.2, 0.25) is 0 Å². The SMILES string of the molecule is NCc1cc(S(=O)(=O)Nc2cc(Br)ccc2F)cs1. The minimum atomic E-state index is -3.80. The minimum Gasteiger partial charge on any atom is -0.326 e. The number of thiophene rings is 1. The fourth-order valence-electron chi connectivity index (χ4n) is 1.39. The Morgan fingerprint density at radius 3 is 2.74 bits per heavy atom. The molecule has 0 bridgehead atoms. The number of rotatable bonds is 4. The van der Waals surface area contributed by atoms with E-state index in [4.69, 9.17) is 5.73 Å². The lowest BCUT2D eigenvalue weighted by Gasteiger charge is -2.07. The molecule has 0 atom stereocenters. The number of nitrogens with one attached hydrogen (secondary N) is 1. The van der Waals surface area contributed by atoms with Crippen LogP contribution in [0.5, 0.6) is 0 Å². The molecular formula is C11H10BrFN2O2S2. The molecule has 0 aliphatic heterocycles. The second kappa shape index (κ2) is 5.58. The first-order valence-electron chi connectivity index (χ1n) is 5.18. The summed E-state index contributed by atoms with van der Waals surface area (Å²) in [5.41, 5.74) is 5.33. The summed E-state index contributed by atoms with van der Waals surface area (Å²) in [6.45, 7) is 0.269. The van der Waals surface area contributed by atoms with E-state index in [2.05, 4.69) is 20.7 Å². The van der Waals surface area contributed by atoms with Crippen molar-refractivity contribution in [2.24, 2.45) is 5.73 Å². The topological polar surface area (TPSA) is 72.2 Å². The Kier molecular flexibility index (Phi) is 4.24. The Hall–Kier alpha value is -0.960. The fourth-order valence-corrected chi connectivity index (χ4v) is 3.96. The van der Waals surface area contributed by atoms with Gasteiger partial charge in [0, 0.05) is 21.3 Å². The summed E-state index contributed by atoms with van der Waals surface area (Å²) in [5, 5.41) is 1.47. The highest BCUT2D eigenvalue weighted by molar-refractivity contribution is 9.10. The maximum absolute atomic E-state index is 13.5. The monoisotopic (exact) mass is 364 g/mol. The largest absolute Gasteiger partial charge is 0.326 e. The summed E-state index contributed by atoms with van der Waals surface area (Å²) in [4.78, 5) is 0.826. The van der Waals surface area contributed by atoms with Crippen molar-refractivity contribution >= 4 is 43.0 Å².